The average molecular weight is 363 g/mol. The zero-order valence-electron chi connectivity index (χ0n) is 15.3. The highest BCUT2D eigenvalue weighted by Crippen LogP contribution is 2.15. The molecule has 0 saturated heterocycles. The molecular formula is C20H21N5O2. The summed E-state index contributed by atoms with van der Waals surface area (Å²) in [5, 5.41) is 2.87. The zero-order valence-corrected chi connectivity index (χ0v) is 15.3. The Labute approximate surface area is 157 Å². The maximum absolute atomic E-state index is 12.5. The molecule has 2 aromatic heterocycles. The van der Waals surface area contributed by atoms with E-state index < -0.39 is 0 Å². The summed E-state index contributed by atoms with van der Waals surface area (Å²) in [5.74, 6) is 0.161. The average Bonchev–Trinajstić information content (AvgIpc) is 3.22. The van der Waals surface area contributed by atoms with Crippen LogP contribution >= 0.6 is 0 Å². The first-order valence-electron chi connectivity index (χ1n) is 8.66. The number of anilines is 1. The van der Waals surface area contributed by atoms with E-state index in [2.05, 4.69) is 15.3 Å². The highest BCUT2D eigenvalue weighted by molar-refractivity contribution is 5.99. The molecule has 138 valence electrons. The van der Waals surface area contributed by atoms with Crippen LogP contribution in [0, 0.1) is 0 Å². The Bertz CT molecular complexity index is 920. The smallest absolute Gasteiger partial charge is 0.255 e. The van der Waals surface area contributed by atoms with Crippen LogP contribution in [0.15, 0.2) is 61.3 Å². The fraction of sp³-hybridized carbons (Fsp3) is 0.200. The third-order valence-electron chi connectivity index (χ3n) is 4.16. The number of nitrogens with one attached hydrogen (secondary N) is 1. The third kappa shape index (κ3) is 4.38. The van der Waals surface area contributed by atoms with Gasteiger partial charge in [0.1, 0.15) is 12.1 Å². The van der Waals surface area contributed by atoms with Crippen LogP contribution in [-0.2, 0) is 11.2 Å². The van der Waals surface area contributed by atoms with Crippen molar-refractivity contribution in [3.63, 3.8) is 0 Å². The molecule has 1 N–H and O–H groups in total. The van der Waals surface area contributed by atoms with Crippen molar-refractivity contribution in [2.75, 3.05) is 18.9 Å². The highest BCUT2D eigenvalue weighted by atomic mass is 16.2. The van der Waals surface area contributed by atoms with Gasteiger partial charge in [-0.2, -0.15) is 0 Å². The van der Waals surface area contributed by atoms with Gasteiger partial charge in [0, 0.05) is 31.3 Å². The number of pyridine rings is 1. The summed E-state index contributed by atoms with van der Waals surface area (Å²) in [5.41, 5.74) is 2.25. The standard InChI is InChI=1S/C20H21N5O2/c1-3-15-6-4-5-7-17(15)23-19(26)13-24(2)20(27)16-8-9-18(22-12-16)25-11-10-21-14-25/h4-12,14H,3,13H2,1-2H3,(H,23,26). The van der Waals surface area contributed by atoms with Gasteiger partial charge in [-0.25, -0.2) is 9.97 Å². The zero-order chi connectivity index (χ0) is 19.2. The number of likely N-dealkylation sites (N-methyl/N-ethyl adjacent to an activating group) is 1. The number of rotatable bonds is 6. The molecule has 2 amide bonds. The van der Waals surface area contributed by atoms with E-state index in [1.807, 2.05) is 31.2 Å². The summed E-state index contributed by atoms with van der Waals surface area (Å²) in [6.07, 6.45) is 7.38. The number of hydrogen-bond donors (Lipinski definition) is 1. The van der Waals surface area contributed by atoms with Crippen LogP contribution in [0.1, 0.15) is 22.8 Å². The monoisotopic (exact) mass is 363 g/mol. The van der Waals surface area contributed by atoms with Crippen LogP contribution in [0.25, 0.3) is 5.82 Å². The number of aromatic nitrogens is 3. The Morgan fingerprint density at radius 3 is 2.67 bits per heavy atom. The second kappa shape index (κ2) is 8.27. The van der Waals surface area contributed by atoms with E-state index >= 15 is 0 Å². The second-order valence-electron chi connectivity index (χ2n) is 6.10. The first-order chi connectivity index (χ1) is 13.1. The quantitative estimate of drug-likeness (QED) is 0.730. The number of carbonyl (C=O) groups excluding carboxylic acids is 2. The van der Waals surface area contributed by atoms with Gasteiger partial charge in [0.2, 0.25) is 5.91 Å². The molecule has 7 heteroatoms. The van der Waals surface area contributed by atoms with Gasteiger partial charge in [0.25, 0.3) is 5.91 Å². The van der Waals surface area contributed by atoms with Gasteiger partial charge in [-0.3, -0.25) is 14.2 Å². The molecule has 0 aliphatic rings. The Morgan fingerprint density at radius 2 is 2.00 bits per heavy atom. The fourth-order valence-corrected chi connectivity index (χ4v) is 2.71. The molecule has 7 nitrogen and oxygen atoms in total. The van der Waals surface area contributed by atoms with Crippen molar-refractivity contribution in [3.05, 3.63) is 72.4 Å². The van der Waals surface area contributed by atoms with Crippen molar-refractivity contribution < 1.29 is 9.59 Å². The third-order valence-corrected chi connectivity index (χ3v) is 4.16. The maximum atomic E-state index is 12.5. The Balaban J connectivity index is 1.62. The molecule has 0 aliphatic carbocycles. The van der Waals surface area contributed by atoms with Gasteiger partial charge in [0.15, 0.2) is 0 Å². The second-order valence-corrected chi connectivity index (χ2v) is 6.10. The van der Waals surface area contributed by atoms with Crippen molar-refractivity contribution in [2.45, 2.75) is 13.3 Å². The van der Waals surface area contributed by atoms with E-state index in [1.54, 1.807) is 42.5 Å². The molecule has 3 rings (SSSR count). The van der Waals surface area contributed by atoms with E-state index in [-0.39, 0.29) is 18.4 Å². The number of hydrogen-bond acceptors (Lipinski definition) is 4. The summed E-state index contributed by atoms with van der Waals surface area (Å²) in [7, 11) is 1.59. The Hall–Kier alpha value is -3.48. The van der Waals surface area contributed by atoms with Gasteiger partial charge in [-0.15, -0.1) is 0 Å². The van der Waals surface area contributed by atoms with Gasteiger partial charge >= 0.3 is 0 Å². The molecule has 0 saturated carbocycles. The summed E-state index contributed by atoms with van der Waals surface area (Å²) < 4.78 is 1.75. The van der Waals surface area contributed by atoms with Crippen LogP contribution in [0.5, 0.6) is 0 Å². The lowest BCUT2D eigenvalue weighted by Gasteiger charge is -2.17. The number of nitrogens with zero attached hydrogens (tertiary/aromatic N) is 4. The number of aryl methyl sites for hydroxylation is 1. The lowest BCUT2D eigenvalue weighted by Crippen LogP contribution is -2.35. The fourth-order valence-electron chi connectivity index (χ4n) is 2.71. The number of benzene rings is 1. The minimum Gasteiger partial charge on any atom is -0.332 e. The molecule has 27 heavy (non-hydrogen) atoms. The minimum absolute atomic E-state index is 0.0415. The van der Waals surface area contributed by atoms with Crippen molar-refractivity contribution in [1.82, 2.24) is 19.4 Å². The molecule has 0 unspecified atom stereocenters. The van der Waals surface area contributed by atoms with Crippen LogP contribution in [0.4, 0.5) is 5.69 Å². The van der Waals surface area contributed by atoms with Crippen LogP contribution in [0.3, 0.4) is 0 Å². The number of imidazole rings is 1. The summed E-state index contributed by atoms with van der Waals surface area (Å²) >= 11 is 0. The van der Waals surface area contributed by atoms with Crippen LogP contribution in [0.2, 0.25) is 0 Å². The first-order valence-corrected chi connectivity index (χ1v) is 8.66. The van der Waals surface area contributed by atoms with Crippen molar-refractivity contribution in [3.8, 4) is 5.82 Å². The molecule has 0 atom stereocenters. The normalized spacial score (nSPS) is 10.4. The van der Waals surface area contributed by atoms with Crippen molar-refractivity contribution in [1.29, 1.82) is 0 Å². The van der Waals surface area contributed by atoms with E-state index in [1.165, 1.54) is 11.1 Å². The molecule has 3 aromatic rings. The number of amides is 2. The van der Waals surface area contributed by atoms with Gasteiger partial charge in [-0.1, -0.05) is 25.1 Å². The molecular weight excluding hydrogens is 342 g/mol. The van der Waals surface area contributed by atoms with E-state index in [4.69, 9.17) is 0 Å². The molecule has 0 aliphatic heterocycles. The predicted molar refractivity (Wildman–Crippen MR) is 103 cm³/mol. The van der Waals surface area contributed by atoms with Gasteiger partial charge < -0.3 is 10.2 Å². The largest absolute Gasteiger partial charge is 0.332 e. The Kier molecular flexibility index (Phi) is 5.61. The predicted octanol–water partition coefficient (Wildman–Crippen LogP) is 2.54. The molecule has 0 bridgehead atoms. The van der Waals surface area contributed by atoms with E-state index in [9.17, 15) is 9.59 Å². The number of carbonyl (C=O) groups is 2. The molecule has 0 fully saturated rings. The number of para-hydroxylation sites is 1. The SMILES string of the molecule is CCc1ccccc1NC(=O)CN(C)C(=O)c1ccc(-n2ccnc2)nc1. The summed E-state index contributed by atoms with van der Waals surface area (Å²) in [6, 6.07) is 11.1. The maximum Gasteiger partial charge on any atom is 0.255 e. The van der Waals surface area contributed by atoms with E-state index in [0.29, 0.717) is 11.4 Å². The Morgan fingerprint density at radius 1 is 1.19 bits per heavy atom. The first kappa shape index (κ1) is 18.3. The topological polar surface area (TPSA) is 80.1 Å². The highest BCUT2D eigenvalue weighted by Gasteiger charge is 2.16. The van der Waals surface area contributed by atoms with Gasteiger partial charge in [0.05, 0.1) is 12.1 Å². The van der Waals surface area contributed by atoms with Crippen molar-refractivity contribution >= 4 is 17.5 Å². The molecule has 0 spiro atoms. The summed E-state index contributed by atoms with van der Waals surface area (Å²) in [4.78, 5) is 34.5. The molecule has 1 aromatic carbocycles. The van der Waals surface area contributed by atoms with Gasteiger partial charge in [-0.05, 0) is 30.2 Å². The lowest BCUT2D eigenvalue weighted by molar-refractivity contribution is -0.116. The minimum atomic E-state index is -0.265. The van der Waals surface area contributed by atoms with E-state index in [0.717, 1.165) is 17.7 Å². The molecule has 2 heterocycles. The molecule has 0 radical (unpaired) electrons. The lowest BCUT2D eigenvalue weighted by atomic mass is 10.1. The summed E-state index contributed by atoms with van der Waals surface area (Å²) in [6.45, 7) is 1.99. The van der Waals surface area contributed by atoms with Crippen molar-refractivity contribution in [2.24, 2.45) is 0 Å². The van der Waals surface area contributed by atoms with Crippen LogP contribution < -0.4 is 5.32 Å². The van der Waals surface area contributed by atoms with Crippen LogP contribution in [-0.4, -0.2) is 44.8 Å².